The molecule has 0 aliphatic heterocycles. The zero-order chi connectivity index (χ0) is 16.4. The van der Waals surface area contributed by atoms with E-state index in [0.29, 0.717) is 11.3 Å². The van der Waals surface area contributed by atoms with E-state index in [2.05, 4.69) is 15.2 Å². The van der Waals surface area contributed by atoms with Crippen molar-refractivity contribution in [2.24, 2.45) is 0 Å². The van der Waals surface area contributed by atoms with E-state index in [9.17, 15) is 9.59 Å². The van der Waals surface area contributed by atoms with E-state index in [4.69, 9.17) is 0 Å². The molecular weight excluding hydrogens is 300 g/mol. The molecule has 0 bridgehead atoms. The molecule has 2 aromatic rings. The lowest BCUT2D eigenvalue weighted by Gasteiger charge is -2.08. The Labute approximate surface area is 133 Å². The fraction of sp³-hybridized carbons (Fsp3) is 0.467. The van der Waals surface area contributed by atoms with Gasteiger partial charge in [0, 0.05) is 17.3 Å². The molecule has 0 radical (unpaired) electrons. The second kappa shape index (κ2) is 6.48. The molecule has 0 spiro atoms. The normalized spacial score (nSPS) is 11.2. The summed E-state index contributed by atoms with van der Waals surface area (Å²) in [4.78, 5) is 27.1. The van der Waals surface area contributed by atoms with Crippen LogP contribution in [0.5, 0.6) is 0 Å². The highest BCUT2D eigenvalue weighted by Crippen LogP contribution is 2.23. The zero-order valence-corrected chi connectivity index (χ0v) is 14.2. The standard InChI is InChI=1S/C15H20N4O2S/c1-8(2)19-7-16-18-15(19)22-6-12(21)14-9(3)13(11(5)20)10(4)17-14/h7-8,17H,6H2,1-5H3. The molecule has 0 saturated heterocycles. The van der Waals surface area contributed by atoms with E-state index >= 15 is 0 Å². The lowest BCUT2D eigenvalue weighted by Crippen LogP contribution is -2.08. The molecule has 118 valence electrons. The molecule has 0 fully saturated rings. The first kappa shape index (κ1) is 16.5. The van der Waals surface area contributed by atoms with Gasteiger partial charge in [-0.3, -0.25) is 9.59 Å². The number of rotatable bonds is 6. The fourth-order valence-electron chi connectivity index (χ4n) is 2.45. The van der Waals surface area contributed by atoms with Crippen LogP contribution in [0.25, 0.3) is 0 Å². The average molecular weight is 320 g/mol. The number of aromatic amines is 1. The summed E-state index contributed by atoms with van der Waals surface area (Å²) in [6.45, 7) is 9.19. The van der Waals surface area contributed by atoms with Crippen molar-refractivity contribution in [3.8, 4) is 0 Å². The van der Waals surface area contributed by atoms with Gasteiger partial charge in [-0.2, -0.15) is 0 Å². The molecule has 22 heavy (non-hydrogen) atoms. The van der Waals surface area contributed by atoms with Crippen LogP contribution < -0.4 is 0 Å². The summed E-state index contributed by atoms with van der Waals surface area (Å²) in [5.41, 5.74) is 2.58. The number of H-pyrrole nitrogens is 1. The molecular formula is C15H20N4O2S. The summed E-state index contributed by atoms with van der Waals surface area (Å²) in [6, 6.07) is 0.242. The Morgan fingerprint density at radius 2 is 2.05 bits per heavy atom. The molecule has 7 heteroatoms. The Hall–Kier alpha value is -1.89. The van der Waals surface area contributed by atoms with Gasteiger partial charge in [0.15, 0.2) is 16.7 Å². The number of aryl methyl sites for hydroxylation is 1. The summed E-state index contributed by atoms with van der Waals surface area (Å²) >= 11 is 1.35. The molecule has 0 aliphatic rings. The Kier molecular flexibility index (Phi) is 4.85. The van der Waals surface area contributed by atoms with Crippen LogP contribution in [0.2, 0.25) is 0 Å². The number of carbonyl (C=O) groups excluding carboxylic acids is 2. The van der Waals surface area contributed by atoms with Crippen molar-refractivity contribution in [1.82, 2.24) is 19.7 Å². The number of aromatic nitrogens is 4. The lowest BCUT2D eigenvalue weighted by molar-refractivity contribution is 0.101. The third-order valence-corrected chi connectivity index (χ3v) is 4.45. The van der Waals surface area contributed by atoms with Crippen LogP contribution in [0, 0.1) is 13.8 Å². The van der Waals surface area contributed by atoms with E-state index in [1.807, 2.05) is 25.3 Å². The van der Waals surface area contributed by atoms with E-state index in [1.54, 1.807) is 13.3 Å². The fourth-order valence-corrected chi connectivity index (χ4v) is 3.37. The molecule has 6 nitrogen and oxygen atoms in total. The van der Waals surface area contributed by atoms with Gasteiger partial charge in [-0.15, -0.1) is 10.2 Å². The average Bonchev–Trinajstić information content (AvgIpc) is 3.00. The molecule has 1 N–H and O–H groups in total. The number of nitrogens with zero attached hydrogens (tertiary/aromatic N) is 3. The molecule has 0 saturated carbocycles. The van der Waals surface area contributed by atoms with Crippen LogP contribution in [0.4, 0.5) is 0 Å². The summed E-state index contributed by atoms with van der Waals surface area (Å²) in [7, 11) is 0. The van der Waals surface area contributed by atoms with Crippen molar-refractivity contribution < 1.29 is 9.59 Å². The predicted octanol–water partition coefficient (Wildman–Crippen LogP) is 2.98. The van der Waals surface area contributed by atoms with Crippen molar-refractivity contribution in [2.75, 3.05) is 5.75 Å². The summed E-state index contributed by atoms with van der Waals surface area (Å²) in [6.07, 6.45) is 1.66. The molecule has 2 aromatic heterocycles. The Morgan fingerprint density at radius 3 is 2.59 bits per heavy atom. The highest BCUT2D eigenvalue weighted by Gasteiger charge is 2.20. The van der Waals surface area contributed by atoms with Crippen molar-refractivity contribution in [1.29, 1.82) is 0 Å². The maximum absolute atomic E-state index is 12.4. The van der Waals surface area contributed by atoms with Crippen LogP contribution in [0.15, 0.2) is 11.5 Å². The smallest absolute Gasteiger partial charge is 0.191 e. The summed E-state index contributed by atoms with van der Waals surface area (Å²) < 4.78 is 1.92. The quantitative estimate of drug-likeness (QED) is 0.653. The lowest BCUT2D eigenvalue weighted by atomic mass is 10.1. The number of carbonyl (C=O) groups is 2. The van der Waals surface area contributed by atoms with Gasteiger partial charge in [0.2, 0.25) is 0 Å². The SMILES string of the molecule is CC(=O)c1c(C)[nH]c(C(=O)CSc2nncn2C(C)C)c1C. The molecule has 2 heterocycles. The predicted molar refractivity (Wildman–Crippen MR) is 85.7 cm³/mol. The summed E-state index contributed by atoms with van der Waals surface area (Å²) in [5.74, 6) is 0.178. The topological polar surface area (TPSA) is 80.6 Å². The maximum Gasteiger partial charge on any atom is 0.191 e. The van der Waals surface area contributed by atoms with Crippen LogP contribution in [-0.2, 0) is 0 Å². The number of nitrogens with one attached hydrogen (secondary N) is 1. The number of ketones is 2. The minimum atomic E-state index is -0.0450. The molecule has 2 rings (SSSR count). The Bertz CT molecular complexity index is 715. The maximum atomic E-state index is 12.4. The van der Waals surface area contributed by atoms with Crippen molar-refractivity contribution in [2.45, 2.75) is 45.8 Å². The van der Waals surface area contributed by atoms with E-state index < -0.39 is 0 Å². The second-order valence-electron chi connectivity index (χ2n) is 5.51. The van der Waals surface area contributed by atoms with E-state index in [0.717, 1.165) is 16.4 Å². The minimum absolute atomic E-state index is 0.0301. The van der Waals surface area contributed by atoms with Gasteiger partial charge >= 0.3 is 0 Å². The van der Waals surface area contributed by atoms with Crippen LogP contribution in [0.1, 0.15) is 58.9 Å². The van der Waals surface area contributed by atoms with E-state index in [-0.39, 0.29) is 23.4 Å². The molecule has 0 aliphatic carbocycles. The Morgan fingerprint density at radius 1 is 1.36 bits per heavy atom. The van der Waals surface area contributed by atoms with Gasteiger partial charge in [0.25, 0.3) is 0 Å². The second-order valence-corrected chi connectivity index (χ2v) is 6.45. The van der Waals surface area contributed by atoms with Gasteiger partial charge in [-0.1, -0.05) is 11.8 Å². The monoisotopic (exact) mass is 320 g/mol. The molecule has 0 aromatic carbocycles. The third kappa shape index (κ3) is 3.14. The van der Waals surface area contributed by atoms with Gasteiger partial charge in [-0.25, -0.2) is 0 Å². The minimum Gasteiger partial charge on any atom is -0.355 e. The number of Topliss-reactive ketones (excluding diaryl/α,β-unsaturated/α-hetero) is 2. The Balaban J connectivity index is 2.15. The summed E-state index contributed by atoms with van der Waals surface area (Å²) in [5, 5.41) is 8.64. The van der Waals surface area contributed by atoms with Crippen molar-refractivity contribution in [3.05, 3.63) is 28.8 Å². The molecule has 0 unspecified atom stereocenters. The molecule has 0 amide bonds. The highest BCUT2D eigenvalue weighted by atomic mass is 32.2. The van der Waals surface area contributed by atoms with Crippen LogP contribution in [-0.4, -0.2) is 37.1 Å². The van der Waals surface area contributed by atoms with Gasteiger partial charge in [0.05, 0.1) is 11.4 Å². The van der Waals surface area contributed by atoms with Crippen LogP contribution >= 0.6 is 11.8 Å². The van der Waals surface area contributed by atoms with Crippen molar-refractivity contribution >= 4 is 23.3 Å². The highest BCUT2D eigenvalue weighted by molar-refractivity contribution is 7.99. The van der Waals surface area contributed by atoms with Gasteiger partial charge < -0.3 is 9.55 Å². The van der Waals surface area contributed by atoms with Crippen molar-refractivity contribution in [3.63, 3.8) is 0 Å². The number of thioether (sulfide) groups is 1. The van der Waals surface area contributed by atoms with Gasteiger partial charge in [0.1, 0.15) is 6.33 Å². The first-order valence-electron chi connectivity index (χ1n) is 7.08. The van der Waals surface area contributed by atoms with Crippen LogP contribution in [0.3, 0.4) is 0 Å². The first-order valence-corrected chi connectivity index (χ1v) is 8.07. The third-order valence-electron chi connectivity index (χ3n) is 3.50. The van der Waals surface area contributed by atoms with Gasteiger partial charge in [-0.05, 0) is 40.2 Å². The van der Waals surface area contributed by atoms with E-state index in [1.165, 1.54) is 18.7 Å². The molecule has 0 atom stereocenters. The zero-order valence-electron chi connectivity index (χ0n) is 13.4. The number of hydrogen-bond donors (Lipinski definition) is 1. The number of hydrogen-bond acceptors (Lipinski definition) is 5. The largest absolute Gasteiger partial charge is 0.355 e. The first-order chi connectivity index (χ1) is 10.3.